The maximum atomic E-state index is 12.0. The zero-order valence-corrected chi connectivity index (χ0v) is 12.0. The first kappa shape index (κ1) is 13.8. The van der Waals surface area contributed by atoms with Gasteiger partial charge in [0.15, 0.2) is 5.16 Å². The molecule has 0 bridgehead atoms. The number of amides is 1. The highest BCUT2D eigenvalue weighted by molar-refractivity contribution is 7.99. The fourth-order valence-corrected chi connectivity index (χ4v) is 3.35. The molecule has 1 aliphatic rings. The zero-order chi connectivity index (χ0) is 14.7. The Morgan fingerprint density at radius 1 is 1.43 bits per heavy atom. The third kappa shape index (κ3) is 3.13. The van der Waals surface area contributed by atoms with E-state index < -0.39 is 0 Å². The molecule has 1 unspecified atom stereocenters. The van der Waals surface area contributed by atoms with Crippen LogP contribution in [-0.2, 0) is 11.3 Å². The van der Waals surface area contributed by atoms with Crippen molar-refractivity contribution < 1.29 is 4.79 Å². The summed E-state index contributed by atoms with van der Waals surface area (Å²) >= 11 is 1.51. The molecule has 1 N–H and O–H groups in total. The number of pyridine rings is 1. The number of aromatic nitrogens is 3. The summed E-state index contributed by atoms with van der Waals surface area (Å²) in [6, 6.07) is 5.04. The lowest BCUT2D eigenvalue weighted by molar-refractivity contribution is -0.121. The molecule has 0 spiro atoms. The van der Waals surface area contributed by atoms with Gasteiger partial charge in [0, 0.05) is 43.4 Å². The molecule has 0 fully saturated rings. The molecule has 0 aromatic carbocycles. The Bertz CT molecular complexity index is 702. The third-order valence-corrected chi connectivity index (χ3v) is 4.36. The maximum absolute atomic E-state index is 12.0. The summed E-state index contributed by atoms with van der Waals surface area (Å²) in [7, 11) is 0. The molecule has 0 saturated carbocycles. The molecule has 3 rings (SSSR count). The average molecular weight is 302 g/mol. The van der Waals surface area contributed by atoms with Crippen molar-refractivity contribution in [2.45, 2.75) is 24.2 Å². The molecule has 21 heavy (non-hydrogen) atoms. The average Bonchev–Trinajstić information content (AvgIpc) is 2.91. The van der Waals surface area contributed by atoms with Crippen LogP contribution in [0.4, 0.5) is 0 Å². The Morgan fingerprint density at radius 2 is 2.33 bits per heavy atom. The minimum absolute atomic E-state index is 0.0759. The minimum atomic E-state index is -0.125. The van der Waals surface area contributed by atoms with Crippen LogP contribution in [0.2, 0.25) is 0 Å². The smallest absolute Gasteiger partial charge is 0.254 e. The number of hydrogen-bond acceptors (Lipinski definition) is 5. The first-order valence-corrected chi connectivity index (χ1v) is 7.58. The van der Waals surface area contributed by atoms with Crippen molar-refractivity contribution in [2.24, 2.45) is 0 Å². The van der Waals surface area contributed by atoms with Gasteiger partial charge in [0.2, 0.25) is 5.91 Å². The largest absolute Gasteiger partial charge is 0.352 e. The van der Waals surface area contributed by atoms with E-state index in [1.54, 1.807) is 17.0 Å². The first-order valence-electron chi connectivity index (χ1n) is 6.60. The van der Waals surface area contributed by atoms with Gasteiger partial charge in [-0.05, 0) is 11.6 Å². The van der Waals surface area contributed by atoms with Crippen molar-refractivity contribution in [3.63, 3.8) is 0 Å². The Balaban J connectivity index is 1.61. The zero-order valence-electron chi connectivity index (χ0n) is 11.2. The van der Waals surface area contributed by atoms with Gasteiger partial charge in [0.25, 0.3) is 5.56 Å². The van der Waals surface area contributed by atoms with E-state index in [4.69, 9.17) is 0 Å². The summed E-state index contributed by atoms with van der Waals surface area (Å²) in [5, 5.41) is 3.54. The summed E-state index contributed by atoms with van der Waals surface area (Å²) in [4.78, 5) is 32.0. The van der Waals surface area contributed by atoms with E-state index in [-0.39, 0.29) is 23.9 Å². The molecule has 2 aromatic rings. The number of hydrogen-bond donors (Lipinski definition) is 1. The highest BCUT2D eigenvalue weighted by Gasteiger charge is 2.26. The Kier molecular flexibility index (Phi) is 4.01. The molecular formula is C14H14N4O2S. The molecule has 2 aromatic heterocycles. The maximum Gasteiger partial charge on any atom is 0.254 e. The lowest BCUT2D eigenvalue weighted by Gasteiger charge is -2.12. The number of nitrogens with zero attached hydrogens (tertiary/aromatic N) is 3. The van der Waals surface area contributed by atoms with Gasteiger partial charge in [-0.2, -0.15) is 0 Å². The Hall–Kier alpha value is -2.15. The van der Waals surface area contributed by atoms with Crippen LogP contribution < -0.4 is 10.9 Å². The molecule has 108 valence electrons. The van der Waals surface area contributed by atoms with Crippen molar-refractivity contribution in [3.8, 4) is 0 Å². The standard InChI is InChI=1S/C14H14N4O2S/c19-12(17-8-10-2-1-4-15-7-10)6-11-9-21-14-16-5-3-13(20)18(11)14/h1-5,7,11H,6,8-9H2,(H,17,19). The molecule has 0 saturated heterocycles. The highest BCUT2D eigenvalue weighted by atomic mass is 32.2. The van der Waals surface area contributed by atoms with Crippen LogP contribution in [0.3, 0.4) is 0 Å². The van der Waals surface area contributed by atoms with Crippen molar-refractivity contribution >= 4 is 17.7 Å². The van der Waals surface area contributed by atoms with Crippen molar-refractivity contribution in [3.05, 3.63) is 52.7 Å². The second-order valence-corrected chi connectivity index (χ2v) is 5.73. The Morgan fingerprint density at radius 3 is 3.14 bits per heavy atom. The van der Waals surface area contributed by atoms with Gasteiger partial charge < -0.3 is 5.32 Å². The van der Waals surface area contributed by atoms with Gasteiger partial charge in [-0.15, -0.1) is 0 Å². The first-order chi connectivity index (χ1) is 10.2. The second kappa shape index (κ2) is 6.09. The minimum Gasteiger partial charge on any atom is -0.352 e. The summed E-state index contributed by atoms with van der Waals surface area (Å²) in [5.41, 5.74) is 0.848. The predicted octanol–water partition coefficient (Wildman–Crippen LogP) is 0.992. The molecule has 6 nitrogen and oxygen atoms in total. The molecule has 1 aliphatic heterocycles. The molecule has 0 aliphatic carbocycles. The number of thioether (sulfide) groups is 1. The van der Waals surface area contributed by atoms with Crippen molar-refractivity contribution in [1.82, 2.24) is 19.9 Å². The second-order valence-electron chi connectivity index (χ2n) is 4.74. The van der Waals surface area contributed by atoms with Crippen LogP contribution in [0.5, 0.6) is 0 Å². The fraction of sp³-hybridized carbons (Fsp3) is 0.286. The molecule has 1 amide bonds. The fourth-order valence-electron chi connectivity index (χ4n) is 2.23. The summed E-state index contributed by atoms with van der Waals surface area (Å²) < 4.78 is 1.61. The topological polar surface area (TPSA) is 76.9 Å². The summed E-state index contributed by atoms with van der Waals surface area (Å²) in [5.74, 6) is 0.625. The normalized spacial score (nSPS) is 16.5. The third-order valence-electron chi connectivity index (χ3n) is 3.25. The van der Waals surface area contributed by atoms with Gasteiger partial charge in [0.05, 0.1) is 6.04 Å². The van der Waals surface area contributed by atoms with Crippen LogP contribution in [0.15, 0.2) is 46.7 Å². The van der Waals surface area contributed by atoms with Crippen LogP contribution in [0, 0.1) is 0 Å². The monoisotopic (exact) mass is 302 g/mol. The molecule has 3 heterocycles. The van der Waals surface area contributed by atoms with Gasteiger partial charge in [-0.25, -0.2) is 4.98 Å². The van der Waals surface area contributed by atoms with E-state index in [2.05, 4.69) is 15.3 Å². The SMILES string of the molecule is O=C(CC1CSc2nccc(=O)n21)NCc1cccnc1. The van der Waals surface area contributed by atoms with Gasteiger partial charge in [-0.3, -0.25) is 19.1 Å². The molecule has 0 radical (unpaired) electrons. The predicted molar refractivity (Wildman–Crippen MR) is 79.0 cm³/mol. The highest BCUT2D eigenvalue weighted by Crippen LogP contribution is 2.31. The van der Waals surface area contributed by atoms with E-state index >= 15 is 0 Å². The van der Waals surface area contributed by atoms with E-state index in [0.29, 0.717) is 17.5 Å². The van der Waals surface area contributed by atoms with Gasteiger partial charge in [-0.1, -0.05) is 17.8 Å². The van der Waals surface area contributed by atoms with Crippen LogP contribution in [0.1, 0.15) is 18.0 Å². The number of fused-ring (bicyclic) bond motifs is 1. The number of nitrogens with one attached hydrogen (secondary N) is 1. The summed E-state index contributed by atoms with van der Waals surface area (Å²) in [6.07, 6.45) is 5.20. The van der Waals surface area contributed by atoms with E-state index in [9.17, 15) is 9.59 Å². The van der Waals surface area contributed by atoms with E-state index in [0.717, 1.165) is 5.56 Å². The number of carbonyl (C=O) groups is 1. The summed E-state index contributed by atoms with van der Waals surface area (Å²) in [6.45, 7) is 0.446. The number of carbonyl (C=O) groups excluding carboxylic acids is 1. The van der Waals surface area contributed by atoms with Crippen LogP contribution in [0.25, 0.3) is 0 Å². The lowest BCUT2D eigenvalue weighted by atomic mass is 10.2. The quantitative estimate of drug-likeness (QED) is 0.852. The Labute approximate surface area is 125 Å². The van der Waals surface area contributed by atoms with E-state index in [1.807, 2.05) is 12.1 Å². The number of rotatable bonds is 4. The van der Waals surface area contributed by atoms with Gasteiger partial charge in [0.1, 0.15) is 0 Å². The van der Waals surface area contributed by atoms with Crippen molar-refractivity contribution in [2.75, 3.05) is 5.75 Å². The molecule has 1 atom stereocenters. The molecular weight excluding hydrogens is 288 g/mol. The molecule has 7 heteroatoms. The van der Waals surface area contributed by atoms with Crippen LogP contribution >= 0.6 is 11.8 Å². The van der Waals surface area contributed by atoms with Crippen LogP contribution in [-0.4, -0.2) is 26.2 Å². The van der Waals surface area contributed by atoms with Gasteiger partial charge >= 0.3 is 0 Å². The lowest BCUT2D eigenvalue weighted by Crippen LogP contribution is -2.30. The van der Waals surface area contributed by atoms with E-state index in [1.165, 1.54) is 24.0 Å². The van der Waals surface area contributed by atoms with Crippen molar-refractivity contribution in [1.29, 1.82) is 0 Å².